The van der Waals surface area contributed by atoms with Gasteiger partial charge in [0.15, 0.2) is 0 Å². The molecule has 0 atom stereocenters. The highest BCUT2D eigenvalue weighted by atomic mass is 16.6. The van der Waals surface area contributed by atoms with Crippen LogP contribution in [0.1, 0.15) is 34.8 Å². The van der Waals surface area contributed by atoms with Crippen molar-refractivity contribution in [2.24, 2.45) is 5.10 Å². The van der Waals surface area contributed by atoms with Crippen molar-refractivity contribution in [2.45, 2.75) is 27.2 Å². The van der Waals surface area contributed by atoms with E-state index in [2.05, 4.69) is 15.8 Å². The van der Waals surface area contributed by atoms with Gasteiger partial charge in [-0.2, -0.15) is 5.10 Å². The van der Waals surface area contributed by atoms with E-state index in [1.165, 1.54) is 24.3 Å². The maximum atomic E-state index is 12.1. The molecule has 2 aromatic rings. The Labute approximate surface area is 156 Å². The summed E-state index contributed by atoms with van der Waals surface area (Å²) in [4.78, 5) is 34.6. The second-order valence-electron chi connectivity index (χ2n) is 6.11. The SMILES string of the molecule is CC(CC(=O)Nc1ccc(C)cc1C)=NNC(=O)c1ccccc1[N+](=O)[O-]. The zero-order chi connectivity index (χ0) is 20.0. The number of nitro benzene ring substituents is 1. The van der Waals surface area contributed by atoms with Crippen molar-refractivity contribution in [3.05, 3.63) is 69.3 Å². The van der Waals surface area contributed by atoms with Gasteiger partial charge < -0.3 is 5.32 Å². The largest absolute Gasteiger partial charge is 0.326 e. The fraction of sp³-hybridized carbons (Fsp3) is 0.211. The fourth-order valence-corrected chi connectivity index (χ4v) is 2.45. The number of nitro groups is 1. The number of hydrogen-bond donors (Lipinski definition) is 2. The Kier molecular flexibility index (Phi) is 6.37. The summed E-state index contributed by atoms with van der Waals surface area (Å²) in [5, 5.41) is 17.6. The van der Waals surface area contributed by atoms with Crippen LogP contribution in [0, 0.1) is 24.0 Å². The number of carbonyl (C=O) groups excluding carboxylic acids is 2. The molecule has 8 heteroatoms. The first-order valence-corrected chi connectivity index (χ1v) is 8.22. The lowest BCUT2D eigenvalue weighted by atomic mass is 10.1. The lowest BCUT2D eigenvalue weighted by Gasteiger charge is -2.09. The fourth-order valence-electron chi connectivity index (χ4n) is 2.45. The van der Waals surface area contributed by atoms with Crippen molar-refractivity contribution < 1.29 is 14.5 Å². The predicted molar refractivity (Wildman–Crippen MR) is 103 cm³/mol. The molecule has 140 valence electrons. The van der Waals surface area contributed by atoms with Gasteiger partial charge in [0.1, 0.15) is 5.56 Å². The van der Waals surface area contributed by atoms with Crippen LogP contribution in [-0.4, -0.2) is 22.4 Å². The van der Waals surface area contributed by atoms with Crippen LogP contribution in [0.3, 0.4) is 0 Å². The van der Waals surface area contributed by atoms with Crippen LogP contribution in [-0.2, 0) is 4.79 Å². The van der Waals surface area contributed by atoms with Gasteiger partial charge in [-0.15, -0.1) is 0 Å². The summed E-state index contributed by atoms with van der Waals surface area (Å²) < 4.78 is 0. The molecule has 0 fully saturated rings. The molecule has 0 unspecified atom stereocenters. The third-order valence-corrected chi connectivity index (χ3v) is 3.77. The van der Waals surface area contributed by atoms with E-state index in [4.69, 9.17) is 0 Å². The van der Waals surface area contributed by atoms with E-state index in [1.54, 1.807) is 6.92 Å². The zero-order valence-corrected chi connectivity index (χ0v) is 15.3. The summed E-state index contributed by atoms with van der Waals surface area (Å²) in [6, 6.07) is 11.3. The van der Waals surface area contributed by atoms with E-state index in [0.29, 0.717) is 11.4 Å². The van der Waals surface area contributed by atoms with Gasteiger partial charge in [-0.3, -0.25) is 19.7 Å². The summed E-state index contributed by atoms with van der Waals surface area (Å²) >= 11 is 0. The van der Waals surface area contributed by atoms with Crippen LogP contribution >= 0.6 is 0 Å². The van der Waals surface area contributed by atoms with E-state index >= 15 is 0 Å². The molecule has 0 spiro atoms. The molecule has 0 radical (unpaired) electrons. The van der Waals surface area contributed by atoms with Crippen molar-refractivity contribution in [3.8, 4) is 0 Å². The van der Waals surface area contributed by atoms with Gasteiger partial charge in [0, 0.05) is 17.5 Å². The van der Waals surface area contributed by atoms with Gasteiger partial charge in [-0.05, 0) is 38.5 Å². The molecule has 2 aromatic carbocycles. The predicted octanol–water partition coefficient (Wildman–Crippen LogP) is 3.35. The van der Waals surface area contributed by atoms with E-state index in [1.807, 2.05) is 32.0 Å². The standard InChI is InChI=1S/C19H20N4O4/c1-12-8-9-16(13(2)10-12)20-18(24)11-14(3)21-22-19(25)15-6-4-5-7-17(15)23(26)27/h4-10H,11H2,1-3H3,(H,20,24)(H,22,25). The minimum absolute atomic E-state index is 0.0233. The number of benzene rings is 2. The Bertz CT molecular complexity index is 922. The van der Waals surface area contributed by atoms with Crippen molar-refractivity contribution in [3.63, 3.8) is 0 Å². The number of hydrazone groups is 1. The molecule has 0 aliphatic rings. The third kappa shape index (κ3) is 5.46. The summed E-state index contributed by atoms with van der Waals surface area (Å²) in [5.74, 6) is -0.986. The zero-order valence-electron chi connectivity index (χ0n) is 15.3. The normalized spacial score (nSPS) is 11.0. The van der Waals surface area contributed by atoms with E-state index in [-0.39, 0.29) is 23.6 Å². The summed E-state index contributed by atoms with van der Waals surface area (Å²) in [6.45, 7) is 5.45. The summed E-state index contributed by atoms with van der Waals surface area (Å²) in [6.07, 6.45) is -0.0233. The molecule has 0 saturated heterocycles. The van der Waals surface area contributed by atoms with Crippen LogP contribution in [0.2, 0.25) is 0 Å². The van der Waals surface area contributed by atoms with Gasteiger partial charge in [-0.1, -0.05) is 29.8 Å². The first-order chi connectivity index (χ1) is 12.8. The number of amides is 2. The van der Waals surface area contributed by atoms with E-state index < -0.39 is 10.8 Å². The minimum Gasteiger partial charge on any atom is -0.326 e. The number of para-hydroxylation sites is 1. The molecule has 2 rings (SSSR count). The summed E-state index contributed by atoms with van der Waals surface area (Å²) in [7, 11) is 0. The maximum absolute atomic E-state index is 12.1. The number of aryl methyl sites for hydroxylation is 2. The third-order valence-electron chi connectivity index (χ3n) is 3.77. The Hall–Kier alpha value is -3.55. The molecule has 0 aliphatic carbocycles. The Balaban J connectivity index is 1.98. The van der Waals surface area contributed by atoms with Gasteiger partial charge >= 0.3 is 0 Å². The Morgan fingerprint density at radius 3 is 2.52 bits per heavy atom. The molecule has 27 heavy (non-hydrogen) atoms. The molecular formula is C19H20N4O4. The molecule has 0 aliphatic heterocycles. The first-order valence-electron chi connectivity index (χ1n) is 8.22. The molecule has 0 saturated carbocycles. The van der Waals surface area contributed by atoms with E-state index in [9.17, 15) is 19.7 Å². The molecule has 0 heterocycles. The van der Waals surface area contributed by atoms with Crippen molar-refractivity contribution >= 4 is 28.9 Å². The van der Waals surface area contributed by atoms with Crippen molar-refractivity contribution in [2.75, 3.05) is 5.32 Å². The van der Waals surface area contributed by atoms with Crippen molar-refractivity contribution in [1.82, 2.24) is 5.43 Å². The number of rotatable bonds is 6. The highest BCUT2D eigenvalue weighted by Crippen LogP contribution is 2.18. The van der Waals surface area contributed by atoms with Gasteiger partial charge in [-0.25, -0.2) is 5.43 Å². The number of nitrogens with one attached hydrogen (secondary N) is 2. The molecular weight excluding hydrogens is 348 g/mol. The topological polar surface area (TPSA) is 114 Å². The Morgan fingerprint density at radius 1 is 1.15 bits per heavy atom. The van der Waals surface area contributed by atoms with Crippen LogP contribution in [0.5, 0.6) is 0 Å². The van der Waals surface area contributed by atoms with Crippen molar-refractivity contribution in [1.29, 1.82) is 0 Å². The molecule has 0 aromatic heterocycles. The number of carbonyl (C=O) groups is 2. The number of nitrogens with zero attached hydrogens (tertiary/aromatic N) is 2. The van der Waals surface area contributed by atoms with Crippen LogP contribution in [0.25, 0.3) is 0 Å². The monoisotopic (exact) mass is 368 g/mol. The first kappa shape index (κ1) is 19.8. The van der Waals surface area contributed by atoms with Gasteiger partial charge in [0.2, 0.25) is 5.91 Å². The molecule has 2 N–H and O–H groups in total. The highest BCUT2D eigenvalue weighted by molar-refractivity contribution is 6.06. The molecule has 2 amide bonds. The van der Waals surface area contributed by atoms with Gasteiger partial charge in [0.25, 0.3) is 11.6 Å². The van der Waals surface area contributed by atoms with Crippen LogP contribution in [0.4, 0.5) is 11.4 Å². The second-order valence-corrected chi connectivity index (χ2v) is 6.11. The second kappa shape index (κ2) is 8.70. The Morgan fingerprint density at radius 2 is 1.85 bits per heavy atom. The average Bonchev–Trinajstić information content (AvgIpc) is 2.62. The van der Waals surface area contributed by atoms with Crippen LogP contribution in [0.15, 0.2) is 47.6 Å². The maximum Gasteiger partial charge on any atom is 0.282 e. The lowest BCUT2D eigenvalue weighted by Crippen LogP contribution is -2.22. The van der Waals surface area contributed by atoms with Crippen LogP contribution < -0.4 is 10.7 Å². The smallest absolute Gasteiger partial charge is 0.282 e. The summed E-state index contributed by atoms with van der Waals surface area (Å²) in [5.41, 5.74) is 4.96. The van der Waals surface area contributed by atoms with E-state index in [0.717, 1.165) is 11.1 Å². The average molecular weight is 368 g/mol. The highest BCUT2D eigenvalue weighted by Gasteiger charge is 2.18. The molecule has 8 nitrogen and oxygen atoms in total. The lowest BCUT2D eigenvalue weighted by molar-refractivity contribution is -0.385. The van der Waals surface area contributed by atoms with Gasteiger partial charge in [0.05, 0.1) is 11.3 Å². The number of anilines is 1. The molecule has 0 bridgehead atoms. The quantitative estimate of drug-likeness (QED) is 0.462. The number of hydrogen-bond acceptors (Lipinski definition) is 5. The minimum atomic E-state index is -0.712.